The predicted molar refractivity (Wildman–Crippen MR) is 75.3 cm³/mol. The average Bonchev–Trinajstić information content (AvgIpc) is 2.32. The lowest BCUT2D eigenvalue weighted by Gasteiger charge is -2.31. The molecule has 0 aliphatic rings. The van der Waals surface area contributed by atoms with Gasteiger partial charge in [0.05, 0.1) is 5.02 Å². The van der Waals surface area contributed by atoms with E-state index in [1.54, 1.807) is 6.07 Å². The fraction of sp³-hybridized carbons (Fsp3) is 0.571. The minimum Gasteiger partial charge on any atom is -0.329 e. The fourth-order valence-corrected chi connectivity index (χ4v) is 2.28. The Morgan fingerprint density at radius 1 is 1.39 bits per heavy atom. The van der Waals surface area contributed by atoms with E-state index in [1.807, 2.05) is 6.07 Å². The van der Waals surface area contributed by atoms with Gasteiger partial charge in [-0.15, -0.1) is 0 Å². The summed E-state index contributed by atoms with van der Waals surface area (Å²) in [5.41, 5.74) is 6.74. The Labute approximate surface area is 114 Å². The third-order valence-corrected chi connectivity index (χ3v) is 3.30. The standard InChI is InChI=1S/C14H22ClFN2/c1-4-18(9-10(2)3)14(8-17)11-5-6-12(15)13(16)7-11/h5-7,10,14H,4,8-9,17H2,1-3H3. The molecule has 0 fully saturated rings. The van der Waals surface area contributed by atoms with E-state index in [0.717, 1.165) is 18.7 Å². The lowest BCUT2D eigenvalue weighted by molar-refractivity contribution is 0.189. The van der Waals surface area contributed by atoms with Crippen molar-refractivity contribution in [1.29, 1.82) is 0 Å². The number of hydrogen-bond acceptors (Lipinski definition) is 2. The molecule has 1 aromatic carbocycles. The van der Waals surface area contributed by atoms with Crippen LogP contribution in [0.4, 0.5) is 4.39 Å². The molecule has 0 amide bonds. The Morgan fingerprint density at radius 3 is 2.50 bits per heavy atom. The molecule has 1 rings (SSSR count). The van der Waals surface area contributed by atoms with Gasteiger partial charge >= 0.3 is 0 Å². The van der Waals surface area contributed by atoms with Crippen LogP contribution in [-0.4, -0.2) is 24.5 Å². The molecule has 102 valence electrons. The van der Waals surface area contributed by atoms with Gasteiger partial charge in [0.25, 0.3) is 0 Å². The summed E-state index contributed by atoms with van der Waals surface area (Å²) in [5.74, 6) is 0.171. The molecule has 1 atom stereocenters. The van der Waals surface area contributed by atoms with Crippen LogP contribution < -0.4 is 5.73 Å². The molecule has 0 spiro atoms. The van der Waals surface area contributed by atoms with E-state index in [1.165, 1.54) is 6.07 Å². The second-order valence-corrected chi connectivity index (χ2v) is 5.31. The summed E-state index contributed by atoms with van der Waals surface area (Å²) in [7, 11) is 0. The molecule has 2 N–H and O–H groups in total. The van der Waals surface area contributed by atoms with E-state index in [0.29, 0.717) is 12.5 Å². The van der Waals surface area contributed by atoms with Crippen LogP contribution in [-0.2, 0) is 0 Å². The molecule has 0 radical (unpaired) electrons. The molecule has 1 unspecified atom stereocenters. The predicted octanol–water partition coefficient (Wildman–Crippen LogP) is 3.46. The van der Waals surface area contributed by atoms with E-state index < -0.39 is 0 Å². The molecule has 0 heterocycles. The topological polar surface area (TPSA) is 29.3 Å². The molecule has 2 nitrogen and oxygen atoms in total. The van der Waals surface area contributed by atoms with E-state index in [4.69, 9.17) is 17.3 Å². The van der Waals surface area contributed by atoms with E-state index >= 15 is 0 Å². The van der Waals surface area contributed by atoms with Crippen molar-refractivity contribution in [2.24, 2.45) is 11.7 Å². The lowest BCUT2D eigenvalue weighted by Crippen LogP contribution is -2.36. The van der Waals surface area contributed by atoms with Crippen molar-refractivity contribution in [3.63, 3.8) is 0 Å². The van der Waals surface area contributed by atoms with Crippen molar-refractivity contribution in [3.05, 3.63) is 34.6 Å². The number of hydrogen-bond donors (Lipinski definition) is 1. The summed E-state index contributed by atoms with van der Waals surface area (Å²) in [5, 5.41) is 0.154. The Bertz CT molecular complexity index is 382. The number of nitrogens with two attached hydrogens (primary N) is 1. The van der Waals surface area contributed by atoms with E-state index in [9.17, 15) is 4.39 Å². The highest BCUT2D eigenvalue weighted by atomic mass is 35.5. The first kappa shape index (κ1) is 15.4. The molecule has 0 saturated carbocycles. The molecule has 0 aliphatic carbocycles. The molecule has 18 heavy (non-hydrogen) atoms. The van der Waals surface area contributed by atoms with Gasteiger partial charge < -0.3 is 5.73 Å². The molecule has 0 aliphatic heterocycles. The smallest absolute Gasteiger partial charge is 0.142 e. The Kier molecular flexibility index (Phi) is 6.06. The molecule has 0 bridgehead atoms. The number of nitrogens with zero attached hydrogens (tertiary/aromatic N) is 1. The summed E-state index contributed by atoms with van der Waals surface area (Å²) in [4.78, 5) is 2.27. The molecule has 0 aromatic heterocycles. The maximum Gasteiger partial charge on any atom is 0.142 e. The van der Waals surface area contributed by atoms with E-state index in [-0.39, 0.29) is 16.9 Å². The van der Waals surface area contributed by atoms with Crippen LogP contribution in [0.5, 0.6) is 0 Å². The van der Waals surface area contributed by atoms with Crippen LogP contribution in [0.2, 0.25) is 5.02 Å². The van der Waals surface area contributed by atoms with Crippen LogP contribution in [0.1, 0.15) is 32.4 Å². The number of likely N-dealkylation sites (N-methyl/N-ethyl adjacent to an activating group) is 1. The summed E-state index contributed by atoms with van der Waals surface area (Å²) in [6, 6.07) is 4.98. The normalized spacial score (nSPS) is 13.3. The highest BCUT2D eigenvalue weighted by Crippen LogP contribution is 2.24. The van der Waals surface area contributed by atoms with Crippen molar-refractivity contribution < 1.29 is 4.39 Å². The Morgan fingerprint density at radius 2 is 2.06 bits per heavy atom. The first-order valence-electron chi connectivity index (χ1n) is 6.38. The largest absolute Gasteiger partial charge is 0.329 e. The maximum absolute atomic E-state index is 13.5. The lowest BCUT2D eigenvalue weighted by atomic mass is 10.0. The maximum atomic E-state index is 13.5. The van der Waals surface area contributed by atoms with Crippen LogP contribution in [0, 0.1) is 11.7 Å². The molecule has 4 heteroatoms. The zero-order chi connectivity index (χ0) is 13.7. The Balaban J connectivity index is 2.95. The zero-order valence-electron chi connectivity index (χ0n) is 11.3. The molecule has 1 aromatic rings. The second kappa shape index (κ2) is 7.07. The van der Waals surface area contributed by atoms with Crippen molar-refractivity contribution in [2.75, 3.05) is 19.6 Å². The number of rotatable bonds is 6. The van der Waals surface area contributed by atoms with Gasteiger partial charge in [0, 0.05) is 19.1 Å². The molecular weight excluding hydrogens is 251 g/mol. The van der Waals surface area contributed by atoms with Crippen molar-refractivity contribution >= 4 is 11.6 Å². The van der Waals surface area contributed by atoms with Gasteiger partial charge in [-0.2, -0.15) is 0 Å². The van der Waals surface area contributed by atoms with Crippen molar-refractivity contribution in [1.82, 2.24) is 4.90 Å². The SMILES string of the molecule is CCN(CC(C)C)C(CN)c1ccc(Cl)c(F)c1. The van der Waals surface area contributed by atoms with Crippen LogP contribution in [0.15, 0.2) is 18.2 Å². The summed E-state index contributed by atoms with van der Waals surface area (Å²) < 4.78 is 13.5. The second-order valence-electron chi connectivity index (χ2n) is 4.91. The summed E-state index contributed by atoms with van der Waals surface area (Å²) >= 11 is 5.71. The van der Waals surface area contributed by atoms with Gasteiger partial charge in [0.1, 0.15) is 5.82 Å². The van der Waals surface area contributed by atoms with Crippen LogP contribution in [0.3, 0.4) is 0 Å². The zero-order valence-corrected chi connectivity index (χ0v) is 12.0. The highest BCUT2D eigenvalue weighted by molar-refractivity contribution is 6.30. The van der Waals surface area contributed by atoms with Crippen LogP contribution in [0.25, 0.3) is 0 Å². The highest BCUT2D eigenvalue weighted by Gasteiger charge is 2.19. The average molecular weight is 273 g/mol. The van der Waals surface area contributed by atoms with Gasteiger partial charge in [0.15, 0.2) is 0 Å². The van der Waals surface area contributed by atoms with Gasteiger partial charge in [-0.25, -0.2) is 4.39 Å². The monoisotopic (exact) mass is 272 g/mol. The fourth-order valence-electron chi connectivity index (χ4n) is 2.16. The Hall–Kier alpha value is -0.640. The third-order valence-electron chi connectivity index (χ3n) is 3.00. The summed E-state index contributed by atoms with van der Waals surface area (Å²) in [6.07, 6.45) is 0. The van der Waals surface area contributed by atoms with Crippen molar-refractivity contribution in [2.45, 2.75) is 26.8 Å². The van der Waals surface area contributed by atoms with Crippen LogP contribution >= 0.6 is 11.6 Å². The minimum absolute atomic E-state index is 0.0455. The van der Waals surface area contributed by atoms with E-state index in [2.05, 4.69) is 25.7 Å². The van der Waals surface area contributed by atoms with Gasteiger partial charge in [-0.1, -0.05) is 38.4 Å². The quantitative estimate of drug-likeness (QED) is 0.859. The first-order valence-corrected chi connectivity index (χ1v) is 6.76. The van der Waals surface area contributed by atoms with Gasteiger partial charge in [-0.05, 0) is 30.2 Å². The van der Waals surface area contributed by atoms with Gasteiger partial charge in [-0.3, -0.25) is 4.90 Å². The molecule has 0 saturated heterocycles. The van der Waals surface area contributed by atoms with Crippen molar-refractivity contribution in [3.8, 4) is 0 Å². The third kappa shape index (κ3) is 3.94. The first-order chi connectivity index (χ1) is 8.49. The minimum atomic E-state index is -0.381. The number of benzene rings is 1. The van der Waals surface area contributed by atoms with Gasteiger partial charge in [0.2, 0.25) is 0 Å². The number of halogens is 2. The molecular formula is C14H22ClFN2. The summed E-state index contributed by atoms with van der Waals surface area (Å²) in [6.45, 7) is 8.74.